The predicted octanol–water partition coefficient (Wildman–Crippen LogP) is 2.24. The minimum Gasteiger partial charge on any atom is -0.481 e. The summed E-state index contributed by atoms with van der Waals surface area (Å²) < 4.78 is 27.0. The smallest absolute Gasteiger partial charge is 0.313 e. The molecular formula is C10H9F2NO4. The maximum absolute atomic E-state index is 13.5. The van der Waals surface area contributed by atoms with Gasteiger partial charge in [-0.15, -0.1) is 0 Å². The first-order valence-electron chi connectivity index (χ1n) is 4.55. The van der Waals surface area contributed by atoms with Gasteiger partial charge in [0, 0.05) is 5.56 Å². The largest absolute Gasteiger partial charge is 0.481 e. The normalized spacial score (nSPS) is 11.3. The van der Waals surface area contributed by atoms with E-state index in [1.807, 2.05) is 0 Å². The van der Waals surface area contributed by atoms with Crippen molar-refractivity contribution in [3.63, 3.8) is 0 Å². The molecule has 17 heavy (non-hydrogen) atoms. The van der Waals surface area contributed by atoms with Gasteiger partial charge in [-0.05, 0) is 13.8 Å². The second kappa shape index (κ2) is 4.08. The van der Waals surface area contributed by atoms with Crippen molar-refractivity contribution >= 4 is 11.7 Å². The van der Waals surface area contributed by atoms with Crippen LogP contribution in [0.15, 0.2) is 12.1 Å². The van der Waals surface area contributed by atoms with Gasteiger partial charge >= 0.3 is 5.97 Å². The van der Waals surface area contributed by atoms with Crippen LogP contribution in [0.4, 0.5) is 14.5 Å². The molecule has 0 amide bonds. The summed E-state index contributed by atoms with van der Waals surface area (Å²) in [5.41, 5.74) is -3.26. The van der Waals surface area contributed by atoms with Crippen molar-refractivity contribution in [1.29, 1.82) is 0 Å². The maximum Gasteiger partial charge on any atom is 0.313 e. The van der Waals surface area contributed by atoms with Gasteiger partial charge in [0.05, 0.1) is 22.5 Å². The molecule has 5 nitrogen and oxygen atoms in total. The zero-order valence-corrected chi connectivity index (χ0v) is 9.03. The van der Waals surface area contributed by atoms with Crippen LogP contribution in [-0.2, 0) is 10.2 Å². The van der Waals surface area contributed by atoms with Gasteiger partial charge in [-0.2, -0.15) is 0 Å². The molecular weight excluding hydrogens is 236 g/mol. The Morgan fingerprint density at radius 1 is 1.35 bits per heavy atom. The molecule has 1 aromatic rings. The fourth-order valence-electron chi connectivity index (χ4n) is 1.37. The quantitative estimate of drug-likeness (QED) is 0.654. The average molecular weight is 245 g/mol. The number of hydrogen-bond acceptors (Lipinski definition) is 3. The van der Waals surface area contributed by atoms with Crippen LogP contribution >= 0.6 is 0 Å². The molecule has 0 atom stereocenters. The monoisotopic (exact) mass is 245 g/mol. The van der Waals surface area contributed by atoms with E-state index in [2.05, 4.69) is 0 Å². The van der Waals surface area contributed by atoms with Crippen molar-refractivity contribution in [2.45, 2.75) is 19.3 Å². The molecule has 0 spiro atoms. The molecule has 1 N–H and O–H groups in total. The van der Waals surface area contributed by atoms with Crippen LogP contribution in [0.2, 0.25) is 0 Å². The van der Waals surface area contributed by atoms with Crippen LogP contribution in [0, 0.1) is 21.7 Å². The topological polar surface area (TPSA) is 80.4 Å². The Morgan fingerprint density at radius 2 is 1.76 bits per heavy atom. The SMILES string of the molecule is CC(C)(C(=O)O)c1c(F)cc([N+](=O)[O-])cc1F. The van der Waals surface area contributed by atoms with Gasteiger partial charge in [-0.3, -0.25) is 14.9 Å². The summed E-state index contributed by atoms with van der Waals surface area (Å²) in [6.07, 6.45) is 0. The second-order valence-corrected chi connectivity index (χ2v) is 3.97. The van der Waals surface area contributed by atoms with Crippen LogP contribution in [0.25, 0.3) is 0 Å². The first-order valence-corrected chi connectivity index (χ1v) is 4.55. The molecule has 0 aliphatic carbocycles. The number of benzene rings is 1. The van der Waals surface area contributed by atoms with E-state index in [9.17, 15) is 23.7 Å². The lowest BCUT2D eigenvalue weighted by Crippen LogP contribution is -2.31. The van der Waals surface area contributed by atoms with E-state index in [0.29, 0.717) is 12.1 Å². The first kappa shape index (κ1) is 13.0. The molecule has 7 heteroatoms. The first-order chi connectivity index (χ1) is 7.67. The number of carboxylic acid groups (broad SMARTS) is 1. The van der Waals surface area contributed by atoms with Gasteiger partial charge in [0.1, 0.15) is 11.6 Å². The lowest BCUT2D eigenvalue weighted by atomic mass is 9.84. The summed E-state index contributed by atoms with van der Waals surface area (Å²) in [7, 11) is 0. The van der Waals surface area contributed by atoms with Crippen LogP contribution in [-0.4, -0.2) is 16.0 Å². The molecule has 0 saturated heterocycles. The van der Waals surface area contributed by atoms with E-state index in [-0.39, 0.29) is 0 Å². The fraction of sp³-hybridized carbons (Fsp3) is 0.300. The number of aliphatic carboxylic acids is 1. The van der Waals surface area contributed by atoms with Gasteiger partial charge in [-0.25, -0.2) is 8.78 Å². The maximum atomic E-state index is 13.5. The average Bonchev–Trinajstić information content (AvgIpc) is 2.15. The Balaban J connectivity index is 3.48. The molecule has 0 aromatic heterocycles. The number of carboxylic acids is 1. The molecule has 0 radical (unpaired) electrons. The number of hydrogen-bond donors (Lipinski definition) is 1. The van der Waals surface area contributed by atoms with Gasteiger partial charge in [0.25, 0.3) is 5.69 Å². The summed E-state index contributed by atoms with van der Waals surface area (Å²) in [6.45, 7) is 2.23. The lowest BCUT2D eigenvalue weighted by Gasteiger charge is -2.20. The Hall–Kier alpha value is -2.05. The number of nitro groups is 1. The van der Waals surface area contributed by atoms with E-state index < -0.39 is 39.2 Å². The number of non-ortho nitro benzene ring substituents is 1. The number of nitrogens with zero attached hydrogens (tertiary/aromatic N) is 1. The predicted molar refractivity (Wildman–Crippen MR) is 53.7 cm³/mol. The standard InChI is InChI=1S/C10H9F2NO4/c1-10(2,9(14)15)8-6(11)3-5(13(16)17)4-7(8)12/h3-4H,1-2H3,(H,14,15). The highest BCUT2D eigenvalue weighted by Crippen LogP contribution is 2.31. The van der Waals surface area contributed by atoms with Gasteiger partial charge in [-0.1, -0.05) is 0 Å². The van der Waals surface area contributed by atoms with Crippen LogP contribution in [0.1, 0.15) is 19.4 Å². The van der Waals surface area contributed by atoms with Crippen molar-refractivity contribution in [3.8, 4) is 0 Å². The molecule has 1 rings (SSSR count). The molecule has 0 unspecified atom stereocenters. The van der Waals surface area contributed by atoms with Crippen molar-refractivity contribution in [1.82, 2.24) is 0 Å². The molecule has 92 valence electrons. The summed E-state index contributed by atoms with van der Waals surface area (Å²) in [5, 5.41) is 19.2. The third kappa shape index (κ3) is 2.22. The van der Waals surface area contributed by atoms with E-state index in [1.54, 1.807) is 0 Å². The molecule has 1 aromatic carbocycles. The Bertz CT molecular complexity index is 476. The second-order valence-electron chi connectivity index (χ2n) is 3.97. The van der Waals surface area contributed by atoms with Crippen LogP contribution in [0.3, 0.4) is 0 Å². The van der Waals surface area contributed by atoms with E-state index in [4.69, 9.17) is 5.11 Å². The number of rotatable bonds is 3. The highest BCUT2D eigenvalue weighted by molar-refractivity contribution is 5.80. The summed E-state index contributed by atoms with van der Waals surface area (Å²) in [6, 6.07) is 1.01. The molecule has 0 bridgehead atoms. The fourth-order valence-corrected chi connectivity index (χ4v) is 1.37. The van der Waals surface area contributed by atoms with Gasteiger partial charge in [0.2, 0.25) is 0 Å². The third-order valence-electron chi connectivity index (χ3n) is 2.40. The summed E-state index contributed by atoms with van der Waals surface area (Å²) >= 11 is 0. The minimum atomic E-state index is -1.80. The van der Waals surface area contributed by atoms with E-state index in [0.717, 1.165) is 13.8 Å². The van der Waals surface area contributed by atoms with Crippen molar-refractivity contribution in [3.05, 3.63) is 39.4 Å². The Kier molecular flexibility index (Phi) is 3.12. The van der Waals surface area contributed by atoms with Crippen LogP contribution in [0.5, 0.6) is 0 Å². The van der Waals surface area contributed by atoms with E-state index in [1.165, 1.54) is 0 Å². The van der Waals surface area contributed by atoms with Crippen LogP contribution < -0.4 is 0 Å². The lowest BCUT2D eigenvalue weighted by molar-refractivity contribution is -0.385. The number of halogens is 2. The van der Waals surface area contributed by atoms with Crippen molar-refractivity contribution in [2.75, 3.05) is 0 Å². The van der Waals surface area contributed by atoms with E-state index >= 15 is 0 Å². The zero-order chi connectivity index (χ0) is 13.4. The van der Waals surface area contributed by atoms with Crippen molar-refractivity contribution in [2.24, 2.45) is 0 Å². The molecule has 0 aliphatic heterocycles. The van der Waals surface area contributed by atoms with Gasteiger partial charge in [0.15, 0.2) is 0 Å². The number of carbonyl (C=O) groups is 1. The van der Waals surface area contributed by atoms with Crippen molar-refractivity contribution < 1.29 is 23.6 Å². The highest BCUT2D eigenvalue weighted by Gasteiger charge is 2.36. The minimum absolute atomic E-state index is 0.503. The zero-order valence-electron chi connectivity index (χ0n) is 9.03. The Morgan fingerprint density at radius 3 is 2.06 bits per heavy atom. The van der Waals surface area contributed by atoms with Gasteiger partial charge < -0.3 is 5.11 Å². The highest BCUT2D eigenvalue weighted by atomic mass is 19.1. The molecule has 0 saturated carbocycles. The number of nitro benzene ring substituents is 1. The third-order valence-corrected chi connectivity index (χ3v) is 2.40. The molecule has 0 fully saturated rings. The summed E-state index contributed by atoms with van der Waals surface area (Å²) in [5.74, 6) is -3.92. The Labute approximate surface area is 94.8 Å². The molecule has 0 heterocycles. The molecule has 0 aliphatic rings. The summed E-state index contributed by atoms with van der Waals surface area (Å²) in [4.78, 5) is 20.3.